The molecule has 0 aromatic heterocycles. The minimum atomic E-state index is -0.392. The van der Waals surface area contributed by atoms with Crippen LogP contribution in [0, 0.1) is 0 Å². The first-order valence-corrected chi connectivity index (χ1v) is 8.08. The van der Waals surface area contributed by atoms with E-state index >= 15 is 0 Å². The summed E-state index contributed by atoms with van der Waals surface area (Å²) >= 11 is 0. The van der Waals surface area contributed by atoms with Gasteiger partial charge >= 0.3 is 0 Å². The normalized spacial score (nSPS) is 23.0. The molecule has 3 rings (SSSR count). The van der Waals surface area contributed by atoms with Crippen LogP contribution in [0.2, 0.25) is 0 Å². The molecule has 2 aliphatic heterocycles. The largest absolute Gasteiger partial charge is 0.388 e. The fourth-order valence-corrected chi connectivity index (χ4v) is 3.20. The highest BCUT2D eigenvalue weighted by atomic mass is 16.5. The summed E-state index contributed by atoms with van der Waals surface area (Å²) in [6, 6.07) is 8.05. The van der Waals surface area contributed by atoms with Crippen molar-refractivity contribution in [3.8, 4) is 0 Å². The number of carbonyl (C=O) groups is 1. The number of morpholine rings is 1. The standard InChI is InChI=1S/C17H24N2O3/c20-16-5-7-18(13-14-3-1-2-4-15(14)16)8-6-17(21)19-9-11-22-12-10-19/h1-4,16,20H,5-13H2. The SMILES string of the molecule is O=C(CCN1CCC(O)c2ccccc2C1)N1CCOCC1. The molecule has 1 aromatic carbocycles. The summed E-state index contributed by atoms with van der Waals surface area (Å²) in [7, 11) is 0. The molecule has 0 spiro atoms. The monoisotopic (exact) mass is 304 g/mol. The minimum Gasteiger partial charge on any atom is -0.388 e. The first-order valence-electron chi connectivity index (χ1n) is 8.08. The highest BCUT2D eigenvalue weighted by Crippen LogP contribution is 2.26. The number of fused-ring (bicyclic) bond motifs is 1. The zero-order chi connectivity index (χ0) is 15.4. The summed E-state index contributed by atoms with van der Waals surface area (Å²) in [6.45, 7) is 5.10. The van der Waals surface area contributed by atoms with Crippen molar-refractivity contribution in [2.75, 3.05) is 39.4 Å². The lowest BCUT2D eigenvalue weighted by Gasteiger charge is -2.28. The molecular formula is C17H24N2O3. The molecule has 1 N–H and O–H groups in total. The van der Waals surface area contributed by atoms with Gasteiger partial charge in [0.05, 0.1) is 19.3 Å². The number of aliphatic hydroxyl groups excluding tert-OH is 1. The van der Waals surface area contributed by atoms with Crippen molar-refractivity contribution in [2.24, 2.45) is 0 Å². The van der Waals surface area contributed by atoms with Crippen LogP contribution < -0.4 is 0 Å². The van der Waals surface area contributed by atoms with E-state index in [1.54, 1.807) is 0 Å². The molecule has 0 radical (unpaired) electrons. The predicted molar refractivity (Wildman–Crippen MR) is 83.3 cm³/mol. The van der Waals surface area contributed by atoms with Crippen molar-refractivity contribution in [3.05, 3.63) is 35.4 Å². The Morgan fingerprint density at radius 3 is 2.82 bits per heavy atom. The van der Waals surface area contributed by atoms with Crippen molar-refractivity contribution in [2.45, 2.75) is 25.5 Å². The molecule has 5 nitrogen and oxygen atoms in total. The third kappa shape index (κ3) is 3.66. The van der Waals surface area contributed by atoms with Crippen LogP contribution in [0.15, 0.2) is 24.3 Å². The van der Waals surface area contributed by atoms with Crippen LogP contribution in [0.4, 0.5) is 0 Å². The number of carbonyl (C=O) groups excluding carboxylic acids is 1. The van der Waals surface area contributed by atoms with Gasteiger partial charge in [0.2, 0.25) is 5.91 Å². The van der Waals surface area contributed by atoms with Crippen LogP contribution in [0.25, 0.3) is 0 Å². The Balaban J connectivity index is 1.56. The maximum Gasteiger partial charge on any atom is 0.224 e. The van der Waals surface area contributed by atoms with Gasteiger partial charge in [0.25, 0.3) is 0 Å². The topological polar surface area (TPSA) is 53.0 Å². The van der Waals surface area contributed by atoms with E-state index in [-0.39, 0.29) is 5.91 Å². The second-order valence-corrected chi connectivity index (χ2v) is 6.02. The number of hydrogen-bond donors (Lipinski definition) is 1. The molecule has 5 heteroatoms. The van der Waals surface area contributed by atoms with Gasteiger partial charge in [-0.1, -0.05) is 24.3 Å². The fourth-order valence-electron chi connectivity index (χ4n) is 3.20. The number of rotatable bonds is 3. The Kier molecular flexibility index (Phi) is 5.08. The van der Waals surface area contributed by atoms with Gasteiger partial charge in [-0.25, -0.2) is 0 Å². The summed E-state index contributed by atoms with van der Waals surface area (Å²) < 4.78 is 5.28. The highest BCUT2D eigenvalue weighted by molar-refractivity contribution is 5.76. The smallest absolute Gasteiger partial charge is 0.224 e. The van der Waals surface area contributed by atoms with Crippen LogP contribution in [-0.2, 0) is 16.1 Å². The summed E-state index contributed by atoms with van der Waals surface area (Å²) in [5.74, 6) is 0.210. The molecule has 1 atom stereocenters. The third-order valence-corrected chi connectivity index (χ3v) is 4.53. The van der Waals surface area contributed by atoms with Gasteiger partial charge in [-0.05, 0) is 17.5 Å². The molecule has 1 aromatic rings. The number of ether oxygens (including phenoxy) is 1. The van der Waals surface area contributed by atoms with Crippen molar-refractivity contribution in [1.82, 2.24) is 9.80 Å². The molecule has 0 aliphatic carbocycles. The molecule has 0 bridgehead atoms. The third-order valence-electron chi connectivity index (χ3n) is 4.53. The number of nitrogens with zero attached hydrogens (tertiary/aromatic N) is 2. The summed E-state index contributed by atoms with van der Waals surface area (Å²) in [6.07, 6.45) is 0.872. The zero-order valence-corrected chi connectivity index (χ0v) is 12.9. The lowest BCUT2D eigenvalue weighted by molar-refractivity contribution is -0.135. The van der Waals surface area contributed by atoms with E-state index in [9.17, 15) is 9.90 Å². The van der Waals surface area contributed by atoms with Crippen LogP contribution >= 0.6 is 0 Å². The van der Waals surface area contributed by atoms with Crippen LogP contribution in [0.3, 0.4) is 0 Å². The van der Waals surface area contributed by atoms with Crippen LogP contribution in [0.1, 0.15) is 30.1 Å². The first-order chi connectivity index (χ1) is 10.7. The zero-order valence-electron chi connectivity index (χ0n) is 12.9. The maximum atomic E-state index is 12.2. The second-order valence-electron chi connectivity index (χ2n) is 6.02. The number of benzene rings is 1. The molecule has 120 valence electrons. The first kappa shape index (κ1) is 15.5. The number of aliphatic hydroxyl groups is 1. The predicted octanol–water partition coefficient (Wildman–Crippen LogP) is 1.17. The highest BCUT2D eigenvalue weighted by Gasteiger charge is 2.22. The molecule has 1 amide bonds. The van der Waals surface area contributed by atoms with Crippen molar-refractivity contribution in [3.63, 3.8) is 0 Å². The summed E-state index contributed by atoms with van der Waals surface area (Å²) in [4.78, 5) is 16.4. The lowest BCUT2D eigenvalue weighted by Crippen LogP contribution is -2.42. The summed E-state index contributed by atoms with van der Waals surface area (Å²) in [5.41, 5.74) is 2.20. The Labute approximate surface area is 131 Å². The molecule has 1 saturated heterocycles. The molecular weight excluding hydrogens is 280 g/mol. The van der Waals surface area contributed by atoms with E-state index in [1.807, 2.05) is 23.1 Å². The average molecular weight is 304 g/mol. The van der Waals surface area contributed by atoms with Gasteiger partial charge in [-0.15, -0.1) is 0 Å². The Morgan fingerprint density at radius 2 is 2.00 bits per heavy atom. The van der Waals surface area contributed by atoms with Crippen molar-refractivity contribution in [1.29, 1.82) is 0 Å². The molecule has 1 unspecified atom stereocenters. The van der Waals surface area contributed by atoms with E-state index < -0.39 is 6.10 Å². The van der Waals surface area contributed by atoms with Gasteiger partial charge in [0, 0.05) is 39.1 Å². The average Bonchev–Trinajstić information content (AvgIpc) is 2.73. The summed E-state index contributed by atoms with van der Waals surface area (Å²) in [5, 5.41) is 10.2. The minimum absolute atomic E-state index is 0.210. The molecule has 0 saturated carbocycles. The van der Waals surface area contributed by atoms with E-state index in [0.717, 1.165) is 31.6 Å². The Hall–Kier alpha value is -1.43. The molecule has 1 fully saturated rings. The van der Waals surface area contributed by atoms with Gasteiger partial charge in [0.15, 0.2) is 0 Å². The number of hydrogen-bond acceptors (Lipinski definition) is 4. The van der Waals surface area contributed by atoms with Crippen molar-refractivity contribution >= 4 is 5.91 Å². The molecule has 2 heterocycles. The second kappa shape index (κ2) is 7.22. The van der Waals surface area contributed by atoms with Gasteiger partial charge in [-0.3, -0.25) is 9.69 Å². The number of amides is 1. The maximum absolute atomic E-state index is 12.2. The van der Waals surface area contributed by atoms with Crippen LogP contribution in [0.5, 0.6) is 0 Å². The van der Waals surface area contributed by atoms with Gasteiger partial charge in [0.1, 0.15) is 0 Å². The van der Waals surface area contributed by atoms with E-state index in [0.29, 0.717) is 32.7 Å². The van der Waals surface area contributed by atoms with Gasteiger partial charge in [-0.2, -0.15) is 0 Å². The lowest BCUT2D eigenvalue weighted by atomic mass is 10.0. The quantitative estimate of drug-likeness (QED) is 0.911. The van der Waals surface area contributed by atoms with E-state index in [2.05, 4.69) is 11.0 Å². The van der Waals surface area contributed by atoms with Crippen LogP contribution in [-0.4, -0.2) is 60.2 Å². The Bertz CT molecular complexity index is 514. The van der Waals surface area contributed by atoms with Gasteiger partial charge < -0.3 is 14.7 Å². The van der Waals surface area contributed by atoms with E-state index in [1.165, 1.54) is 5.56 Å². The Morgan fingerprint density at radius 1 is 1.23 bits per heavy atom. The van der Waals surface area contributed by atoms with Crippen molar-refractivity contribution < 1.29 is 14.6 Å². The fraction of sp³-hybridized carbons (Fsp3) is 0.588. The molecule has 22 heavy (non-hydrogen) atoms. The molecule has 2 aliphatic rings. The van der Waals surface area contributed by atoms with E-state index in [4.69, 9.17) is 4.74 Å².